The molecule has 0 N–H and O–H groups in total. The number of rotatable bonds is 26. The molecule has 0 aliphatic rings. The normalized spacial score (nSPS) is 10.6. The first-order chi connectivity index (χ1) is 23.6. The van der Waals surface area contributed by atoms with Gasteiger partial charge in [-0.1, -0.05) is 13.0 Å². The Morgan fingerprint density at radius 2 is 1.00 bits per heavy atom. The van der Waals surface area contributed by atoms with Crippen LogP contribution < -0.4 is 23.7 Å². The van der Waals surface area contributed by atoms with Crippen molar-refractivity contribution in [1.82, 2.24) is 0 Å². The third-order valence-corrected chi connectivity index (χ3v) is 6.94. The molecule has 10 nitrogen and oxygen atoms in total. The molecule has 0 heterocycles. The molecule has 0 fully saturated rings. The number of carbonyl (C=O) groups is 2. The van der Waals surface area contributed by atoms with Crippen molar-refractivity contribution in [3.8, 4) is 28.7 Å². The van der Waals surface area contributed by atoms with E-state index in [2.05, 4.69) is 6.58 Å². The Hall–Kier alpha value is -4.54. The quantitative estimate of drug-likeness (QED) is 0.0276. The molecule has 0 saturated heterocycles. The third kappa shape index (κ3) is 16.3. The van der Waals surface area contributed by atoms with Crippen LogP contribution in [0.1, 0.15) is 68.6 Å². The van der Waals surface area contributed by atoms with E-state index >= 15 is 0 Å². The molecule has 0 saturated carbocycles. The monoisotopic (exact) mass is 664 g/mol. The number of benzene rings is 3. The highest BCUT2D eigenvalue weighted by atomic mass is 16.7. The SMILES string of the molecule is C=CC(=O)OCCCCCCOc1ccc(C(=O)Oc2ccc(OCOc3ccc(OCCCCCCOCOCC)cc3)cc2)cc1. The lowest BCUT2D eigenvalue weighted by Gasteiger charge is -2.11. The zero-order valence-electron chi connectivity index (χ0n) is 27.9. The van der Waals surface area contributed by atoms with Crippen molar-refractivity contribution in [2.24, 2.45) is 0 Å². The van der Waals surface area contributed by atoms with Crippen molar-refractivity contribution >= 4 is 11.9 Å². The third-order valence-electron chi connectivity index (χ3n) is 6.94. The Kier molecular flexibility index (Phi) is 18.7. The molecule has 0 bridgehead atoms. The smallest absolute Gasteiger partial charge is 0.343 e. The van der Waals surface area contributed by atoms with Crippen LogP contribution in [0.3, 0.4) is 0 Å². The number of esters is 2. The van der Waals surface area contributed by atoms with Crippen molar-refractivity contribution in [2.75, 3.05) is 46.6 Å². The maximum Gasteiger partial charge on any atom is 0.343 e. The van der Waals surface area contributed by atoms with E-state index in [-0.39, 0.29) is 6.79 Å². The summed E-state index contributed by atoms with van der Waals surface area (Å²) in [5.74, 6) is 2.25. The van der Waals surface area contributed by atoms with Gasteiger partial charge in [0.1, 0.15) is 35.5 Å². The van der Waals surface area contributed by atoms with Gasteiger partial charge in [-0.2, -0.15) is 0 Å². The van der Waals surface area contributed by atoms with Crippen LogP contribution in [-0.4, -0.2) is 58.6 Å². The Balaban J connectivity index is 1.24. The summed E-state index contributed by atoms with van der Waals surface area (Å²) >= 11 is 0. The van der Waals surface area contributed by atoms with E-state index in [4.69, 9.17) is 37.9 Å². The van der Waals surface area contributed by atoms with E-state index < -0.39 is 11.9 Å². The summed E-state index contributed by atoms with van der Waals surface area (Å²) in [5, 5.41) is 0. The van der Waals surface area contributed by atoms with Crippen molar-refractivity contribution in [1.29, 1.82) is 0 Å². The van der Waals surface area contributed by atoms with E-state index in [9.17, 15) is 9.59 Å². The standard InChI is InChI=1S/C38H48O10/c1-3-37(39)45-28-12-8-7-11-26-43-32-15-13-31(14-16-32)38(40)48-36-23-21-35(22-24-36)47-30-46-34-19-17-33(18-20-34)44-27-10-6-5-9-25-42-29-41-4-2/h3,13-24H,1,4-12,25-30H2,2H3. The Morgan fingerprint density at radius 3 is 1.52 bits per heavy atom. The number of carbonyl (C=O) groups excluding carboxylic acids is 2. The highest BCUT2D eigenvalue weighted by molar-refractivity contribution is 5.91. The van der Waals surface area contributed by atoms with E-state index in [1.807, 2.05) is 31.2 Å². The second-order valence-corrected chi connectivity index (χ2v) is 10.7. The zero-order chi connectivity index (χ0) is 34.1. The lowest BCUT2D eigenvalue weighted by molar-refractivity contribution is -0.137. The zero-order valence-corrected chi connectivity index (χ0v) is 27.9. The minimum Gasteiger partial charge on any atom is -0.494 e. The highest BCUT2D eigenvalue weighted by Crippen LogP contribution is 2.22. The molecule has 3 aromatic carbocycles. The van der Waals surface area contributed by atoms with Gasteiger partial charge in [0, 0.05) is 19.3 Å². The topological polar surface area (TPSA) is 108 Å². The molecular formula is C38H48O10. The van der Waals surface area contributed by atoms with Crippen LogP contribution in [0.25, 0.3) is 0 Å². The van der Waals surface area contributed by atoms with Crippen molar-refractivity contribution < 1.29 is 47.5 Å². The molecule has 48 heavy (non-hydrogen) atoms. The molecule has 0 aliphatic heterocycles. The first kappa shape index (κ1) is 37.9. The fraction of sp³-hybridized carbons (Fsp3) is 0.421. The summed E-state index contributed by atoms with van der Waals surface area (Å²) in [6, 6.07) is 21.0. The van der Waals surface area contributed by atoms with Gasteiger partial charge in [-0.3, -0.25) is 0 Å². The molecule has 3 aromatic rings. The van der Waals surface area contributed by atoms with Crippen molar-refractivity contribution in [3.63, 3.8) is 0 Å². The fourth-order valence-electron chi connectivity index (χ4n) is 4.29. The lowest BCUT2D eigenvalue weighted by Crippen LogP contribution is -2.09. The molecule has 0 aromatic heterocycles. The molecular weight excluding hydrogens is 616 g/mol. The average Bonchev–Trinajstić information content (AvgIpc) is 3.11. The van der Waals surface area contributed by atoms with Gasteiger partial charge >= 0.3 is 11.9 Å². The lowest BCUT2D eigenvalue weighted by atomic mass is 10.2. The molecule has 0 spiro atoms. The minimum absolute atomic E-state index is 0.0231. The van der Waals surface area contributed by atoms with Crippen LogP contribution in [0, 0.1) is 0 Å². The minimum atomic E-state index is -0.470. The van der Waals surface area contributed by atoms with Gasteiger partial charge in [0.15, 0.2) is 0 Å². The van der Waals surface area contributed by atoms with Gasteiger partial charge in [-0.15, -0.1) is 0 Å². The molecule has 10 heteroatoms. The van der Waals surface area contributed by atoms with E-state index in [0.29, 0.717) is 61.8 Å². The maximum absolute atomic E-state index is 12.6. The van der Waals surface area contributed by atoms with Crippen molar-refractivity contribution in [3.05, 3.63) is 91.0 Å². The molecule has 0 atom stereocenters. The maximum atomic E-state index is 12.6. The van der Waals surface area contributed by atoms with Gasteiger partial charge in [-0.25, -0.2) is 9.59 Å². The highest BCUT2D eigenvalue weighted by Gasteiger charge is 2.09. The summed E-state index contributed by atoms with van der Waals surface area (Å²) < 4.78 is 43.9. The Labute approximate surface area is 283 Å². The van der Waals surface area contributed by atoms with Gasteiger partial charge in [0.2, 0.25) is 6.79 Å². The Morgan fingerprint density at radius 1 is 0.542 bits per heavy atom. The summed E-state index contributed by atoms with van der Waals surface area (Å²) in [6.45, 7) is 8.74. The summed E-state index contributed by atoms with van der Waals surface area (Å²) in [6.07, 6.45) is 8.96. The first-order valence-corrected chi connectivity index (χ1v) is 16.6. The molecule has 0 radical (unpaired) electrons. The van der Waals surface area contributed by atoms with Crippen LogP contribution in [0.4, 0.5) is 0 Å². The van der Waals surface area contributed by atoms with Gasteiger partial charge in [0.05, 0.1) is 25.4 Å². The van der Waals surface area contributed by atoms with Crippen LogP contribution in [-0.2, 0) is 19.0 Å². The van der Waals surface area contributed by atoms with Crippen molar-refractivity contribution in [2.45, 2.75) is 58.3 Å². The molecule has 260 valence electrons. The van der Waals surface area contributed by atoms with Crippen LogP contribution >= 0.6 is 0 Å². The fourth-order valence-corrected chi connectivity index (χ4v) is 4.29. The largest absolute Gasteiger partial charge is 0.494 e. The summed E-state index contributed by atoms with van der Waals surface area (Å²) in [5.41, 5.74) is 0.414. The molecule has 0 amide bonds. The predicted molar refractivity (Wildman–Crippen MR) is 182 cm³/mol. The Bertz CT molecular complexity index is 1310. The number of unbranched alkanes of at least 4 members (excludes halogenated alkanes) is 6. The summed E-state index contributed by atoms with van der Waals surface area (Å²) in [7, 11) is 0. The number of ether oxygens (including phenoxy) is 8. The summed E-state index contributed by atoms with van der Waals surface area (Å²) in [4.78, 5) is 23.6. The molecule has 3 rings (SSSR count). The second-order valence-electron chi connectivity index (χ2n) is 10.7. The predicted octanol–water partition coefficient (Wildman–Crippen LogP) is 7.94. The second kappa shape index (κ2) is 23.7. The number of hydrogen-bond acceptors (Lipinski definition) is 10. The van der Waals surface area contributed by atoms with Gasteiger partial charge in [-0.05, 0) is 125 Å². The average molecular weight is 665 g/mol. The van der Waals surface area contributed by atoms with Crippen LogP contribution in [0.15, 0.2) is 85.5 Å². The van der Waals surface area contributed by atoms with Crippen LogP contribution in [0.2, 0.25) is 0 Å². The van der Waals surface area contributed by atoms with E-state index in [1.54, 1.807) is 48.5 Å². The number of hydrogen-bond donors (Lipinski definition) is 0. The molecule has 0 aliphatic carbocycles. The first-order valence-electron chi connectivity index (χ1n) is 16.6. The van der Waals surface area contributed by atoms with E-state index in [1.165, 1.54) is 0 Å². The van der Waals surface area contributed by atoms with Gasteiger partial charge < -0.3 is 37.9 Å². The van der Waals surface area contributed by atoms with Crippen LogP contribution in [0.5, 0.6) is 28.7 Å². The van der Waals surface area contributed by atoms with E-state index in [0.717, 1.165) is 69.8 Å². The van der Waals surface area contributed by atoms with Gasteiger partial charge in [0.25, 0.3) is 0 Å². The molecule has 0 unspecified atom stereocenters.